The quantitative estimate of drug-likeness (QED) is 0.547. The van der Waals surface area contributed by atoms with Crippen molar-refractivity contribution in [2.24, 2.45) is 0 Å². The van der Waals surface area contributed by atoms with Crippen LogP contribution >= 0.6 is 0 Å². The van der Waals surface area contributed by atoms with Crippen molar-refractivity contribution in [1.82, 2.24) is 4.98 Å². The van der Waals surface area contributed by atoms with Crippen molar-refractivity contribution in [3.8, 4) is 0 Å². The van der Waals surface area contributed by atoms with E-state index in [0.29, 0.717) is 5.56 Å². The summed E-state index contributed by atoms with van der Waals surface area (Å²) in [5.41, 5.74) is 3.87. The molecule has 0 radical (unpaired) electrons. The van der Waals surface area contributed by atoms with Gasteiger partial charge in [0, 0.05) is 24.2 Å². The predicted octanol–water partition coefficient (Wildman–Crippen LogP) is 6.07. The van der Waals surface area contributed by atoms with Crippen LogP contribution in [0.25, 0.3) is 5.57 Å². The second kappa shape index (κ2) is 7.03. The van der Waals surface area contributed by atoms with Crippen LogP contribution in [0.1, 0.15) is 33.9 Å². The van der Waals surface area contributed by atoms with Crippen LogP contribution in [-0.2, 0) is 19.0 Å². The van der Waals surface area contributed by atoms with Crippen molar-refractivity contribution in [3.05, 3.63) is 107 Å². The van der Waals surface area contributed by atoms with Crippen molar-refractivity contribution >= 4 is 5.57 Å². The number of halogens is 3. The summed E-state index contributed by atoms with van der Waals surface area (Å²) in [4.78, 5) is 4.39. The number of fused-ring (bicyclic) bond motifs is 1. The largest absolute Gasteiger partial charge is 0.416 e. The first kappa shape index (κ1) is 17.5. The first-order valence-electron chi connectivity index (χ1n) is 8.87. The van der Waals surface area contributed by atoms with Gasteiger partial charge in [-0.2, -0.15) is 13.2 Å². The average molecular weight is 365 g/mol. The molecule has 1 unspecified atom stereocenters. The zero-order valence-corrected chi connectivity index (χ0v) is 14.6. The van der Waals surface area contributed by atoms with Gasteiger partial charge in [-0.3, -0.25) is 4.98 Å². The smallest absolute Gasteiger partial charge is 0.261 e. The number of allylic oxidation sites excluding steroid dienone is 2. The fourth-order valence-electron chi connectivity index (χ4n) is 3.76. The lowest BCUT2D eigenvalue weighted by atomic mass is 9.94. The first-order chi connectivity index (χ1) is 13.0. The number of alkyl halides is 3. The van der Waals surface area contributed by atoms with Crippen LogP contribution < -0.4 is 0 Å². The number of aromatic nitrogens is 1. The summed E-state index contributed by atoms with van der Waals surface area (Å²) in [5.74, 6) is 0.129. The van der Waals surface area contributed by atoms with E-state index in [1.54, 1.807) is 18.3 Å². The van der Waals surface area contributed by atoms with Crippen molar-refractivity contribution < 1.29 is 13.2 Å². The number of benzene rings is 2. The second-order valence-corrected chi connectivity index (χ2v) is 6.74. The lowest BCUT2D eigenvalue weighted by molar-refractivity contribution is -0.138. The molecular weight excluding hydrogens is 347 g/mol. The van der Waals surface area contributed by atoms with Crippen molar-refractivity contribution in [3.63, 3.8) is 0 Å². The molecule has 1 aliphatic rings. The maximum absolute atomic E-state index is 13.4. The number of hydrogen-bond donors (Lipinski definition) is 0. The Bertz CT molecular complexity index is 974. The van der Waals surface area contributed by atoms with Crippen LogP contribution in [0, 0.1) is 0 Å². The lowest BCUT2D eigenvalue weighted by Crippen LogP contribution is -2.09. The summed E-state index contributed by atoms with van der Waals surface area (Å²) in [6.45, 7) is 0. The van der Waals surface area contributed by atoms with Crippen LogP contribution in [-0.4, -0.2) is 4.98 Å². The molecule has 0 amide bonds. The Kier molecular flexibility index (Phi) is 4.56. The zero-order valence-electron chi connectivity index (χ0n) is 14.6. The molecule has 4 heteroatoms. The van der Waals surface area contributed by atoms with Gasteiger partial charge in [-0.25, -0.2) is 0 Å². The van der Waals surface area contributed by atoms with E-state index in [1.165, 1.54) is 6.07 Å². The molecule has 2 aromatic carbocycles. The molecule has 27 heavy (non-hydrogen) atoms. The van der Waals surface area contributed by atoms with E-state index in [9.17, 15) is 13.2 Å². The van der Waals surface area contributed by atoms with Gasteiger partial charge in [0.25, 0.3) is 0 Å². The normalized spacial score (nSPS) is 16.1. The highest BCUT2D eigenvalue weighted by Crippen LogP contribution is 2.41. The molecule has 0 saturated carbocycles. The molecule has 1 aromatic heterocycles. The topological polar surface area (TPSA) is 12.9 Å². The Hall–Kier alpha value is -2.88. The molecule has 0 aliphatic heterocycles. The summed E-state index contributed by atoms with van der Waals surface area (Å²) in [6, 6.07) is 19.6. The van der Waals surface area contributed by atoms with Crippen LogP contribution in [0.2, 0.25) is 0 Å². The van der Waals surface area contributed by atoms with Crippen molar-refractivity contribution in [2.75, 3.05) is 0 Å². The Morgan fingerprint density at radius 1 is 0.852 bits per heavy atom. The van der Waals surface area contributed by atoms with Gasteiger partial charge in [-0.1, -0.05) is 54.6 Å². The third kappa shape index (κ3) is 3.65. The minimum atomic E-state index is -4.34. The predicted molar refractivity (Wildman–Crippen MR) is 100 cm³/mol. The van der Waals surface area contributed by atoms with Crippen LogP contribution in [0.5, 0.6) is 0 Å². The number of rotatable bonds is 4. The molecule has 1 aliphatic carbocycles. The molecule has 3 aromatic rings. The highest BCUT2D eigenvalue weighted by molar-refractivity contribution is 5.76. The maximum atomic E-state index is 13.4. The van der Waals surface area contributed by atoms with E-state index in [4.69, 9.17) is 0 Å². The van der Waals surface area contributed by atoms with Gasteiger partial charge < -0.3 is 0 Å². The molecule has 0 spiro atoms. The molecule has 1 heterocycles. The Balaban J connectivity index is 1.68. The van der Waals surface area contributed by atoms with Crippen LogP contribution in [0.15, 0.2) is 79.0 Å². The fraction of sp³-hybridized carbons (Fsp3) is 0.174. The maximum Gasteiger partial charge on any atom is 0.416 e. The first-order valence-corrected chi connectivity index (χ1v) is 8.87. The summed E-state index contributed by atoms with van der Waals surface area (Å²) in [5, 5.41) is 0. The molecule has 1 nitrogen and oxygen atoms in total. The van der Waals surface area contributed by atoms with Gasteiger partial charge in [0.1, 0.15) is 0 Å². The molecule has 0 saturated heterocycles. The van der Waals surface area contributed by atoms with Crippen LogP contribution in [0.3, 0.4) is 0 Å². The number of hydrogen-bond acceptors (Lipinski definition) is 1. The minimum Gasteiger partial charge on any atom is -0.261 e. The Morgan fingerprint density at radius 3 is 2.37 bits per heavy atom. The third-order valence-corrected chi connectivity index (χ3v) is 4.97. The standard InChI is InChI=1S/C23H18F3N/c24-23(25,26)22-11-4-1-7-16(22)13-17-14-18(15-19-8-5-6-12-27-19)21-10-3-2-9-20(17)21/h1-12,14,18H,13,15H2. The zero-order chi connectivity index (χ0) is 18.9. The van der Waals surface area contributed by atoms with Gasteiger partial charge in [-0.05, 0) is 46.9 Å². The van der Waals surface area contributed by atoms with Gasteiger partial charge in [0.15, 0.2) is 0 Å². The summed E-state index contributed by atoms with van der Waals surface area (Å²) < 4.78 is 40.1. The average Bonchev–Trinajstić information content (AvgIpc) is 3.00. The second-order valence-electron chi connectivity index (χ2n) is 6.74. The Labute approximate surface area is 156 Å². The summed E-state index contributed by atoms with van der Waals surface area (Å²) >= 11 is 0. The molecule has 4 rings (SSSR count). The van der Waals surface area contributed by atoms with Gasteiger partial charge in [0.2, 0.25) is 0 Å². The summed E-state index contributed by atoms with van der Waals surface area (Å²) in [7, 11) is 0. The van der Waals surface area contributed by atoms with Crippen LogP contribution in [0.4, 0.5) is 13.2 Å². The highest BCUT2D eigenvalue weighted by atomic mass is 19.4. The van der Waals surface area contributed by atoms with Gasteiger partial charge in [0.05, 0.1) is 5.56 Å². The van der Waals surface area contributed by atoms with E-state index in [-0.39, 0.29) is 12.3 Å². The fourth-order valence-corrected chi connectivity index (χ4v) is 3.76. The monoisotopic (exact) mass is 365 g/mol. The SMILES string of the molecule is FC(F)(F)c1ccccc1CC1=CC(Cc2ccccn2)c2ccccc21. The minimum absolute atomic E-state index is 0.129. The van der Waals surface area contributed by atoms with E-state index >= 15 is 0 Å². The number of pyridine rings is 1. The third-order valence-electron chi connectivity index (χ3n) is 4.97. The van der Waals surface area contributed by atoms with Crippen molar-refractivity contribution in [2.45, 2.75) is 24.9 Å². The summed E-state index contributed by atoms with van der Waals surface area (Å²) in [6.07, 6.45) is 0.531. The lowest BCUT2D eigenvalue weighted by Gasteiger charge is -2.13. The van der Waals surface area contributed by atoms with E-state index in [0.717, 1.165) is 34.9 Å². The van der Waals surface area contributed by atoms with Gasteiger partial charge in [-0.15, -0.1) is 0 Å². The van der Waals surface area contributed by atoms with Gasteiger partial charge >= 0.3 is 6.18 Å². The molecule has 0 bridgehead atoms. The molecule has 0 fully saturated rings. The number of nitrogens with zero attached hydrogens (tertiary/aromatic N) is 1. The van der Waals surface area contributed by atoms with E-state index in [2.05, 4.69) is 17.1 Å². The van der Waals surface area contributed by atoms with E-state index in [1.807, 2.05) is 36.4 Å². The molecular formula is C23H18F3N. The molecule has 1 atom stereocenters. The Morgan fingerprint density at radius 2 is 1.59 bits per heavy atom. The molecule has 0 N–H and O–H groups in total. The highest BCUT2D eigenvalue weighted by Gasteiger charge is 2.33. The van der Waals surface area contributed by atoms with E-state index < -0.39 is 11.7 Å². The molecule has 136 valence electrons. The van der Waals surface area contributed by atoms with Crippen molar-refractivity contribution in [1.29, 1.82) is 0 Å².